The number of carbonyl (C=O) groups excluding carboxylic acids is 1. The molecule has 2 aromatic heterocycles. The fourth-order valence-corrected chi connectivity index (χ4v) is 5.49. The first-order valence-electron chi connectivity index (χ1n) is 12.9. The number of nitrogens with zero attached hydrogens (tertiary/aromatic N) is 3. The van der Waals surface area contributed by atoms with Gasteiger partial charge in [0.25, 0.3) is 5.91 Å². The number of ether oxygens (including phenoxy) is 1. The molecule has 0 spiro atoms. The maximum atomic E-state index is 14.8. The number of halogens is 3. The zero-order chi connectivity index (χ0) is 28.7. The lowest BCUT2D eigenvalue weighted by Gasteiger charge is -2.41. The number of benzene rings is 1. The van der Waals surface area contributed by atoms with Crippen molar-refractivity contribution in [3.05, 3.63) is 70.4 Å². The van der Waals surface area contributed by atoms with Gasteiger partial charge >= 0.3 is 0 Å². The lowest BCUT2D eigenvalue weighted by Crippen LogP contribution is -2.56. The standard InChI is InChI=1S/C28H30F3N5O4/c1-13-10-36(11-19(32)27(13)38)26-15-3-6-22(37)24(15)33-9-21(26)35-28(39)20-5-4-16(29)25(34-20)23-17(30)7-14(12-40-2)8-18(23)31/h4-5,7-9,13,19,22,27,37-38H,3,6,10-12,32H2,1-2H3,(H,35,39)/t13-,19+,22+,27+/m0/s1. The summed E-state index contributed by atoms with van der Waals surface area (Å²) in [6.45, 7) is 2.58. The first-order valence-corrected chi connectivity index (χ1v) is 12.9. The van der Waals surface area contributed by atoms with Crippen LogP contribution in [-0.4, -0.2) is 58.4 Å². The highest BCUT2D eigenvalue weighted by Crippen LogP contribution is 2.41. The zero-order valence-electron chi connectivity index (χ0n) is 22.0. The molecule has 0 saturated carbocycles. The Balaban J connectivity index is 1.50. The predicted octanol–water partition coefficient (Wildman–Crippen LogP) is 3.08. The Morgan fingerprint density at radius 3 is 2.58 bits per heavy atom. The SMILES string of the molecule is COCc1cc(F)c(-c2nc(C(=O)Nc3cnc4c(c3N3C[C@@H](N)[C@H](O)[C@@H](C)C3)CC[C@H]4O)ccc2F)c(F)c1. The Hall–Kier alpha value is -3.58. The lowest BCUT2D eigenvalue weighted by molar-refractivity contribution is 0.0784. The number of pyridine rings is 2. The van der Waals surface area contributed by atoms with E-state index < -0.39 is 52.9 Å². The second kappa shape index (κ2) is 11.1. The van der Waals surface area contributed by atoms with Gasteiger partial charge in [-0.1, -0.05) is 6.92 Å². The van der Waals surface area contributed by atoms with Crippen LogP contribution in [-0.2, 0) is 17.8 Å². The molecule has 4 atom stereocenters. The van der Waals surface area contributed by atoms with Gasteiger partial charge in [0, 0.05) is 37.7 Å². The normalized spacial score (nSPS) is 22.4. The molecule has 0 unspecified atom stereocenters. The Bertz CT molecular complexity index is 1420. The van der Waals surface area contributed by atoms with Crippen LogP contribution in [0, 0.1) is 23.4 Å². The summed E-state index contributed by atoms with van der Waals surface area (Å²) in [6.07, 6.45) is 0.956. The van der Waals surface area contributed by atoms with Crippen molar-refractivity contribution in [2.24, 2.45) is 11.7 Å². The van der Waals surface area contributed by atoms with Gasteiger partial charge < -0.3 is 30.9 Å². The van der Waals surface area contributed by atoms with Crippen LogP contribution in [0.3, 0.4) is 0 Å². The van der Waals surface area contributed by atoms with E-state index in [1.807, 2.05) is 11.8 Å². The molecule has 1 amide bonds. The molecule has 0 radical (unpaired) electrons. The summed E-state index contributed by atoms with van der Waals surface area (Å²) >= 11 is 0. The molecule has 5 N–H and O–H groups in total. The smallest absolute Gasteiger partial charge is 0.274 e. The van der Waals surface area contributed by atoms with E-state index in [4.69, 9.17) is 10.5 Å². The van der Waals surface area contributed by atoms with E-state index in [1.54, 1.807) is 0 Å². The van der Waals surface area contributed by atoms with E-state index in [0.29, 0.717) is 43.0 Å². The van der Waals surface area contributed by atoms with E-state index in [0.717, 1.165) is 29.8 Å². The minimum Gasteiger partial charge on any atom is -0.391 e. The maximum Gasteiger partial charge on any atom is 0.274 e. The van der Waals surface area contributed by atoms with Crippen LogP contribution in [0.1, 0.15) is 46.8 Å². The highest BCUT2D eigenvalue weighted by Gasteiger charge is 2.36. The van der Waals surface area contributed by atoms with Crippen molar-refractivity contribution in [1.29, 1.82) is 0 Å². The molecule has 3 heterocycles. The third kappa shape index (κ3) is 5.15. The number of nitrogens with two attached hydrogens (primary N) is 1. The molecule has 212 valence electrons. The van der Waals surface area contributed by atoms with Gasteiger partial charge in [0.15, 0.2) is 0 Å². The molecule has 1 aromatic carbocycles. The minimum absolute atomic E-state index is 0.0414. The molecule has 2 aliphatic rings. The third-order valence-electron chi connectivity index (χ3n) is 7.42. The van der Waals surface area contributed by atoms with Crippen LogP contribution in [0.2, 0.25) is 0 Å². The maximum absolute atomic E-state index is 14.8. The second-order valence-corrected chi connectivity index (χ2v) is 10.3. The number of carbonyl (C=O) groups is 1. The summed E-state index contributed by atoms with van der Waals surface area (Å²) in [5.41, 5.74) is 6.98. The molecule has 3 aromatic rings. The van der Waals surface area contributed by atoms with E-state index in [1.165, 1.54) is 13.3 Å². The molecular weight excluding hydrogens is 527 g/mol. The molecule has 1 aliphatic heterocycles. The van der Waals surface area contributed by atoms with E-state index in [9.17, 15) is 28.2 Å². The molecule has 9 nitrogen and oxygen atoms in total. The number of methoxy groups -OCH3 is 1. The highest BCUT2D eigenvalue weighted by atomic mass is 19.1. The van der Waals surface area contributed by atoms with E-state index in [-0.39, 0.29) is 23.8 Å². The van der Waals surface area contributed by atoms with E-state index in [2.05, 4.69) is 15.3 Å². The number of amides is 1. The number of aromatic nitrogens is 2. The first-order chi connectivity index (χ1) is 19.1. The summed E-state index contributed by atoms with van der Waals surface area (Å²) in [7, 11) is 1.38. The van der Waals surface area contributed by atoms with Gasteiger partial charge in [-0.2, -0.15) is 0 Å². The topological polar surface area (TPSA) is 134 Å². The average molecular weight is 558 g/mol. The second-order valence-electron chi connectivity index (χ2n) is 10.3. The minimum atomic E-state index is -1.04. The van der Waals surface area contributed by atoms with Crippen molar-refractivity contribution in [3.63, 3.8) is 0 Å². The number of nitrogens with one attached hydrogen (secondary N) is 1. The number of aliphatic hydroxyl groups is 2. The molecule has 12 heteroatoms. The van der Waals surface area contributed by atoms with Crippen molar-refractivity contribution in [2.75, 3.05) is 30.4 Å². The van der Waals surface area contributed by atoms with Crippen molar-refractivity contribution in [2.45, 2.75) is 44.6 Å². The van der Waals surface area contributed by atoms with Gasteiger partial charge in [-0.3, -0.25) is 9.78 Å². The molecule has 1 fully saturated rings. The summed E-state index contributed by atoms with van der Waals surface area (Å²) in [5, 5.41) is 23.5. The Kier molecular flexibility index (Phi) is 7.78. The number of hydrogen-bond acceptors (Lipinski definition) is 8. The third-order valence-corrected chi connectivity index (χ3v) is 7.42. The van der Waals surface area contributed by atoms with Crippen molar-refractivity contribution in [3.8, 4) is 11.3 Å². The summed E-state index contributed by atoms with van der Waals surface area (Å²) in [6, 6.07) is 3.54. The highest BCUT2D eigenvalue weighted by molar-refractivity contribution is 6.05. The summed E-state index contributed by atoms with van der Waals surface area (Å²) in [4.78, 5) is 23.6. The zero-order valence-corrected chi connectivity index (χ0v) is 22.0. The lowest BCUT2D eigenvalue weighted by atomic mass is 9.92. The largest absolute Gasteiger partial charge is 0.391 e. The molecule has 1 saturated heterocycles. The van der Waals surface area contributed by atoms with Crippen LogP contribution in [0.4, 0.5) is 24.5 Å². The number of rotatable bonds is 6. The predicted molar refractivity (Wildman–Crippen MR) is 141 cm³/mol. The van der Waals surface area contributed by atoms with Gasteiger partial charge in [-0.15, -0.1) is 0 Å². The van der Waals surface area contributed by atoms with Gasteiger partial charge in [0.1, 0.15) is 28.8 Å². The number of piperidine rings is 1. The Morgan fingerprint density at radius 2 is 1.90 bits per heavy atom. The number of aliphatic hydroxyl groups excluding tert-OH is 2. The van der Waals surface area contributed by atoms with Crippen molar-refractivity contribution in [1.82, 2.24) is 9.97 Å². The Morgan fingerprint density at radius 1 is 1.18 bits per heavy atom. The molecular formula is C28H30F3N5O4. The first kappa shape index (κ1) is 28.0. The molecule has 1 aliphatic carbocycles. The van der Waals surface area contributed by atoms with E-state index >= 15 is 0 Å². The fourth-order valence-electron chi connectivity index (χ4n) is 5.49. The van der Waals surface area contributed by atoms with Crippen LogP contribution in [0.15, 0.2) is 30.5 Å². The molecule has 0 bridgehead atoms. The van der Waals surface area contributed by atoms with Crippen LogP contribution < -0.4 is 16.0 Å². The fraction of sp³-hybridized carbons (Fsp3) is 0.393. The van der Waals surface area contributed by atoms with Crippen molar-refractivity contribution < 1.29 is 32.9 Å². The van der Waals surface area contributed by atoms with Gasteiger partial charge in [-0.25, -0.2) is 18.2 Å². The summed E-state index contributed by atoms with van der Waals surface area (Å²) in [5.74, 6) is -4.01. The molecule has 40 heavy (non-hydrogen) atoms. The monoisotopic (exact) mass is 557 g/mol. The van der Waals surface area contributed by atoms with Crippen LogP contribution in [0.5, 0.6) is 0 Å². The van der Waals surface area contributed by atoms with Crippen LogP contribution >= 0.6 is 0 Å². The number of hydrogen-bond donors (Lipinski definition) is 4. The average Bonchev–Trinajstić information content (AvgIpc) is 3.28. The van der Waals surface area contributed by atoms with Gasteiger partial charge in [-0.05, 0) is 42.7 Å². The van der Waals surface area contributed by atoms with Gasteiger partial charge in [0.05, 0.1) is 47.6 Å². The number of anilines is 2. The van der Waals surface area contributed by atoms with Crippen LogP contribution in [0.25, 0.3) is 11.3 Å². The molecule has 5 rings (SSSR count). The Labute approximate surface area is 228 Å². The number of fused-ring (bicyclic) bond motifs is 1. The quantitative estimate of drug-likeness (QED) is 0.364. The van der Waals surface area contributed by atoms with Crippen molar-refractivity contribution >= 4 is 17.3 Å². The summed E-state index contributed by atoms with van der Waals surface area (Å²) < 4.78 is 49.3. The van der Waals surface area contributed by atoms with Gasteiger partial charge in [0.2, 0.25) is 0 Å².